The fourth-order valence-electron chi connectivity index (χ4n) is 3.06. The second kappa shape index (κ2) is 6.60. The summed E-state index contributed by atoms with van der Waals surface area (Å²) in [6, 6.07) is -0.0128. The smallest absolute Gasteiger partial charge is 0.410 e. The molecule has 1 saturated heterocycles. The van der Waals surface area contributed by atoms with Gasteiger partial charge < -0.3 is 15.4 Å². The van der Waals surface area contributed by atoms with Gasteiger partial charge in [-0.1, -0.05) is 6.92 Å². The number of carbonyl (C=O) groups is 1. The van der Waals surface area contributed by atoms with E-state index in [1.165, 1.54) is 6.33 Å². The number of carbonyl (C=O) groups excluding carboxylic acids is 1. The summed E-state index contributed by atoms with van der Waals surface area (Å²) in [5, 5.41) is 0. The van der Waals surface area contributed by atoms with Crippen molar-refractivity contribution in [3.63, 3.8) is 0 Å². The van der Waals surface area contributed by atoms with Crippen molar-refractivity contribution in [2.24, 2.45) is 5.73 Å². The molecule has 0 bridgehead atoms. The Labute approximate surface area is 132 Å². The maximum absolute atomic E-state index is 12.5. The number of amides is 1. The molecule has 1 aliphatic rings. The van der Waals surface area contributed by atoms with Crippen LogP contribution in [0.5, 0.6) is 0 Å². The number of nitrogens with two attached hydrogens (primary N) is 1. The molecule has 0 saturated carbocycles. The standard InChI is InChI=1S/C16H26N4O2/c1-5-14-13(11-7-18-10-19-8-11)6-12(17)9-20(14)15(21)22-16(2,3)4/h7-8,10,12-14H,5-6,9,17H2,1-4H3. The van der Waals surface area contributed by atoms with Crippen molar-refractivity contribution in [3.05, 3.63) is 24.3 Å². The van der Waals surface area contributed by atoms with E-state index in [4.69, 9.17) is 10.5 Å². The molecule has 6 heteroatoms. The molecule has 1 aromatic rings. The second-order valence-electron chi connectivity index (χ2n) is 6.88. The second-order valence-corrected chi connectivity index (χ2v) is 6.88. The van der Waals surface area contributed by atoms with Crippen molar-refractivity contribution in [3.8, 4) is 0 Å². The zero-order valence-electron chi connectivity index (χ0n) is 13.8. The van der Waals surface area contributed by atoms with Crippen molar-refractivity contribution in [2.45, 2.75) is 64.1 Å². The van der Waals surface area contributed by atoms with Gasteiger partial charge in [-0.3, -0.25) is 0 Å². The van der Waals surface area contributed by atoms with Crippen LogP contribution in [0.2, 0.25) is 0 Å². The first kappa shape index (κ1) is 16.7. The van der Waals surface area contributed by atoms with Gasteiger partial charge in [0, 0.05) is 36.9 Å². The van der Waals surface area contributed by atoms with E-state index in [1.807, 2.05) is 33.2 Å². The molecular formula is C16H26N4O2. The molecule has 0 spiro atoms. The van der Waals surface area contributed by atoms with E-state index < -0.39 is 5.60 Å². The van der Waals surface area contributed by atoms with E-state index in [1.54, 1.807) is 4.90 Å². The first-order chi connectivity index (χ1) is 10.3. The summed E-state index contributed by atoms with van der Waals surface area (Å²) in [7, 11) is 0. The number of hydrogen-bond acceptors (Lipinski definition) is 5. The highest BCUT2D eigenvalue weighted by molar-refractivity contribution is 5.69. The van der Waals surface area contributed by atoms with E-state index in [0.717, 1.165) is 18.4 Å². The van der Waals surface area contributed by atoms with Crippen molar-refractivity contribution in [1.29, 1.82) is 0 Å². The Hall–Kier alpha value is -1.69. The number of nitrogens with zero attached hydrogens (tertiary/aromatic N) is 3. The maximum Gasteiger partial charge on any atom is 0.410 e. The minimum atomic E-state index is -0.512. The molecule has 3 atom stereocenters. The highest BCUT2D eigenvalue weighted by atomic mass is 16.6. The SMILES string of the molecule is CCC1C(c2cncnc2)CC(N)CN1C(=O)OC(C)(C)C. The molecule has 1 aliphatic heterocycles. The van der Waals surface area contributed by atoms with Crippen LogP contribution in [-0.2, 0) is 4.74 Å². The molecular weight excluding hydrogens is 280 g/mol. The molecule has 2 N–H and O–H groups in total. The summed E-state index contributed by atoms with van der Waals surface area (Å²) < 4.78 is 5.54. The van der Waals surface area contributed by atoms with Gasteiger partial charge >= 0.3 is 6.09 Å². The Morgan fingerprint density at radius 3 is 2.59 bits per heavy atom. The summed E-state index contributed by atoms with van der Waals surface area (Å²) in [6.07, 6.45) is 6.50. The Morgan fingerprint density at radius 1 is 1.41 bits per heavy atom. The van der Waals surface area contributed by atoms with Gasteiger partial charge in [-0.25, -0.2) is 14.8 Å². The molecule has 0 aromatic carbocycles. The van der Waals surface area contributed by atoms with Crippen LogP contribution >= 0.6 is 0 Å². The van der Waals surface area contributed by atoms with E-state index >= 15 is 0 Å². The molecule has 6 nitrogen and oxygen atoms in total. The number of piperidine rings is 1. The van der Waals surface area contributed by atoms with Gasteiger partial charge in [-0.2, -0.15) is 0 Å². The lowest BCUT2D eigenvalue weighted by Gasteiger charge is -2.43. The summed E-state index contributed by atoms with van der Waals surface area (Å²) in [6.45, 7) is 8.22. The van der Waals surface area contributed by atoms with Gasteiger partial charge in [-0.15, -0.1) is 0 Å². The van der Waals surface area contributed by atoms with Crippen molar-refractivity contribution in [1.82, 2.24) is 14.9 Å². The molecule has 1 aromatic heterocycles. The summed E-state index contributed by atoms with van der Waals surface area (Å²) in [5.41, 5.74) is 6.70. The quantitative estimate of drug-likeness (QED) is 0.906. The molecule has 0 radical (unpaired) electrons. The van der Waals surface area contributed by atoms with Crippen LogP contribution in [0.25, 0.3) is 0 Å². The predicted octanol–water partition coefficient (Wildman–Crippen LogP) is 2.31. The molecule has 2 heterocycles. The minimum absolute atomic E-state index is 0.0562. The van der Waals surface area contributed by atoms with Crippen LogP contribution in [0, 0.1) is 0 Å². The normalized spacial score (nSPS) is 25.9. The monoisotopic (exact) mass is 306 g/mol. The molecule has 2 rings (SSSR count). The first-order valence-corrected chi connectivity index (χ1v) is 7.82. The Morgan fingerprint density at radius 2 is 2.05 bits per heavy atom. The number of ether oxygens (including phenoxy) is 1. The number of hydrogen-bond donors (Lipinski definition) is 1. The largest absolute Gasteiger partial charge is 0.444 e. The van der Waals surface area contributed by atoms with E-state index in [9.17, 15) is 4.79 Å². The first-order valence-electron chi connectivity index (χ1n) is 7.82. The summed E-state index contributed by atoms with van der Waals surface area (Å²) in [5.74, 6) is 0.141. The molecule has 1 fully saturated rings. The maximum atomic E-state index is 12.5. The third-order valence-corrected chi connectivity index (χ3v) is 3.91. The van der Waals surface area contributed by atoms with Crippen molar-refractivity contribution in [2.75, 3.05) is 6.54 Å². The predicted molar refractivity (Wildman–Crippen MR) is 84.4 cm³/mol. The van der Waals surface area contributed by atoms with Crippen molar-refractivity contribution >= 4 is 6.09 Å². The highest BCUT2D eigenvalue weighted by Crippen LogP contribution is 2.34. The minimum Gasteiger partial charge on any atom is -0.444 e. The molecule has 1 amide bonds. The zero-order valence-corrected chi connectivity index (χ0v) is 13.8. The van der Waals surface area contributed by atoms with Crippen LogP contribution in [0.15, 0.2) is 18.7 Å². The van der Waals surface area contributed by atoms with Crippen LogP contribution in [-0.4, -0.2) is 45.2 Å². The van der Waals surface area contributed by atoms with Gasteiger partial charge in [-0.05, 0) is 39.2 Å². The highest BCUT2D eigenvalue weighted by Gasteiger charge is 2.39. The van der Waals surface area contributed by atoms with E-state index in [-0.39, 0.29) is 24.1 Å². The van der Waals surface area contributed by atoms with Crippen LogP contribution in [0.3, 0.4) is 0 Å². The van der Waals surface area contributed by atoms with Crippen LogP contribution < -0.4 is 5.73 Å². The van der Waals surface area contributed by atoms with Gasteiger partial charge in [0.25, 0.3) is 0 Å². The van der Waals surface area contributed by atoms with Gasteiger partial charge in [0.2, 0.25) is 0 Å². The third-order valence-electron chi connectivity index (χ3n) is 3.91. The van der Waals surface area contributed by atoms with Crippen molar-refractivity contribution < 1.29 is 9.53 Å². The van der Waals surface area contributed by atoms with Crippen LogP contribution in [0.1, 0.15) is 52.0 Å². The lowest BCUT2D eigenvalue weighted by atomic mass is 9.82. The van der Waals surface area contributed by atoms with E-state index in [0.29, 0.717) is 6.54 Å². The zero-order chi connectivity index (χ0) is 16.3. The molecule has 0 aliphatic carbocycles. The average molecular weight is 306 g/mol. The third kappa shape index (κ3) is 3.94. The number of likely N-dealkylation sites (tertiary alicyclic amines) is 1. The Bertz CT molecular complexity index is 501. The topological polar surface area (TPSA) is 81.3 Å². The fourth-order valence-corrected chi connectivity index (χ4v) is 3.06. The molecule has 22 heavy (non-hydrogen) atoms. The Balaban J connectivity index is 2.24. The summed E-state index contributed by atoms with van der Waals surface area (Å²) in [4.78, 5) is 22.5. The Kier molecular flexibility index (Phi) is 5.01. The van der Waals surface area contributed by atoms with Gasteiger partial charge in [0.1, 0.15) is 11.9 Å². The fraction of sp³-hybridized carbons (Fsp3) is 0.688. The average Bonchev–Trinajstić information content (AvgIpc) is 2.45. The summed E-state index contributed by atoms with van der Waals surface area (Å²) >= 11 is 0. The van der Waals surface area contributed by atoms with Gasteiger partial charge in [0.05, 0.1) is 0 Å². The lowest BCUT2D eigenvalue weighted by molar-refractivity contribution is 0.00334. The lowest BCUT2D eigenvalue weighted by Crippen LogP contribution is -2.55. The van der Waals surface area contributed by atoms with E-state index in [2.05, 4.69) is 16.9 Å². The molecule has 3 unspecified atom stereocenters. The van der Waals surface area contributed by atoms with Crippen LogP contribution in [0.4, 0.5) is 4.79 Å². The number of aromatic nitrogens is 2. The van der Waals surface area contributed by atoms with Gasteiger partial charge in [0.15, 0.2) is 0 Å². The molecule has 122 valence electrons. The number of rotatable bonds is 2.